The van der Waals surface area contributed by atoms with E-state index < -0.39 is 0 Å². The summed E-state index contributed by atoms with van der Waals surface area (Å²) in [4.78, 5) is 13.3. The number of carbonyl (C=O) groups excluding carboxylic acids is 1. The number of amides is 1. The van der Waals surface area contributed by atoms with Crippen molar-refractivity contribution in [2.75, 3.05) is 26.2 Å². The van der Waals surface area contributed by atoms with Crippen molar-refractivity contribution in [2.45, 2.75) is 6.92 Å². The van der Waals surface area contributed by atoms with Crippen molar-refractivity contribution in [3.8, 4) is 17.6 Å². The highest BCUT2D eigenvalue weighted by Gasteiger charge is 2.18. The van der Waals surface area contributed by atoms with Crippen LogP contribution in [0.25, 0.3) is 0 Å². The Morgan fingerprint density at radius 1 is 1.32 bits per heavy atom. The zero-order valence-electron chi connectivity index (χ0n) is 11.5. The van der Waals surface area contributed by atoms with Gasteiger partial charge in [0.25, 0.3) is 5.91 Å². The van der Waals surface area contributed by atoms with Gasteiger partial charge in [-0.15, -0.1) is 0 Å². The molecule has 0 aromatic heterocycles. The Bertz CT molecular complexity index is 559. The van der Waals surface area contributed by atoms with E-state index in [0.717, 1.165) is 0 Å². The third-order valence-corrected chi connectivity index (χ3v) is 2.65. The number of benzene rings is 1. The summed E-state index contributed by atoms with van der Waals surface area (Å²) in [6, 6.07) is 5.17. The maximum absolute atomic E-state index is 11.9. The van der Waals surface area contributed by atoms with Crippen LogP contribution in [-0.2, 0) is 4.79 Å². The van der Waals surface area contributed by atoms with Crippen LogP contribution in [0.5, 0.6) is 11.5 Å². The Morgan fingerprint density at radius 3 is 2.26 bits per heavy atom. The molecule has 100 valence electrons. The molecule has 0 atom stereocenters. The molecule has 1 amide bonds. The zero-order valence-corrected chi connectivity index (χ0v) is 11.5. The summed E-state index contributed by atoms with van der Waals surface area (Å²) in [5.74, 6) is 0.639. The van der Waals surface area contributed by atoms with E-state index in [1.54, 1.807) is 20.0 Å². The Kier molecular flexibility index (Phi) is 4.54. The molecular weight excluding hydrogens is 244 g/mol. The fourth-order valence-corrected chi connectivity index (χ4v) is 1.63. The van der Waals surface area contributed by atoms with E-state index in [1.807, 2.05) is 6.07 Å². The number of rotatable bonds is 4. The fourth-order valence-electron chi connectivity index (χ4n) is 1.63. The largest absolute Gasteiger partial charge is 0.493 e. The number of carbonyl (C=O) groups is 1. The summed E-state index contributed by atoms with van der Waals surface area (Å²) in [5, 5.41) is 9.16. The van der Waals surface area contributed by atoms with Gasteiger partial charge in [-0.25, -0.2) is 0 Å². The minimum atomic E-state index is -0.260. The minimum absolute atomic E-state index is 0.260. The molecular formula is C14H16N2O3. The number of ether oxygens (including phenoxy) is 2. The number of methoxy groups -OCH3 is 2. The van der Waals surface area contributed by atoms with Crippen molar-refractivity contribution in [2.24, 2.45) is 0 Å². The maximum Gasteiger partial charge on any atom is 0.253 e. The topological polar surface area (TPSA) is 62.6 Å². The summed E-state index contributed by atoms with van der Waals surface area (Å²) in [6.07, 6.45) is 0. The first-order chi connectivity index (χ1) is 8.96. The number of anilines is 1. The summed E-state index contributed by atoms with van der Waals surface area (Å²) >= 11 is 0. The standard InChI is InChI=1S/C14H16N2O3/c1-9(2)14(17)16(3)11-7-13(19-5)12(18-4)6-10(11)8-15/h6-7H,1H2,2-5H3. The van der Waals surface area contributed by atoms with Crippen molar-refractivity contribution in [3.05, 3.63) is 29.8 Å². The van der Waals surface area contributed by atoms with Crippen LogP contribution in [0.15, 0.2) is 24.3 Å². The monoisotopic (exact) mass is 260 g/mol. The molecule has 0 aliphatic carbocycles. The SMILES string of the molecule is C=C(C)C(=O)N(C)c1cc(OC)c(OC)cc1C#N. The van der Waals surface area contributed by atoms with E-state index in [-0.39, 0.29) is 5.91 Å². The summed E-state index contributed by atoms with van der Waals surface area (Å²) in [5.41, 5.74) is 1.17. The molecule has 0 N–H and O–H groups in total. The van der Waals surface area contributed by atoms with Crippen molar-refractivity contribution in [1.29, 1.82) is 5.26 Å². The molecule has 1 rings (SSSR count). The van der Waals surface area contributed by atoms with Crippen LogP contribution < -0.4 is 14.4 Å². The first-order valence-electron chi connectivity index (χ1n) is 5.56. The molecule has 0 aliphatic rings. The van der Waals surface area contributed by atoms with Gasteiger partial charge in [-0.05, 0) is 6.92 Å². The highest BCUT2D eigenvalue weighted by atomic mass is 16.5. The highest BCUT2D eigenvalue weighted by molar-refractivity contribution is 6.05. The lowest BCUT2D eigenvalue weighted by Crippen LogP contribution is -2.27. The molecule has 0 bridgehead atoms. The maximum atomic E-state index is 11.9. The summed E-state index contributed by atoms with van der Waals surface area (Å²) < 4.78 is 10.3. The second kappa shape index (κ2) is 5.91. The van der Waals surface area contributed by atoms with E-state index in [9.17, 15) is 4.79 Å². The lowest BCUT2D eigenvalue weighted by atomic mass is 10.1. The van der Waals surface area contributed by atoms with E-state index in [1.165, 1.54) is 25.2 Å². The highest BCUT2D eigenvalue weighted by Crippen LogP contribution is 2.34. The fraction of sp³-hybridized carbons (Fsp3) is 0.286. The molecule has 0 radical (unpaired) electrons. The molecule has 0 saturated heterocycles. The van der Waals surface area contributed by atoms with Crippen molar-refractivity contribution in [1.82, 2.24) is 0 Å². The Hall–Kier alpha value is -2.48. The van der Waals surface area contributed by atoms with E-state index in [0.29, 0.717) is 28.3 Å². The molecule has 1 aromatic rings. The van der Waals surface area contributed by atoms with Crippen LogP contribution in [0.4, 0.5) is 5.69 Å². The van der Waals surface area contributed by atoms with E-state index >= 15 is 0 Å². The minimum Gasteiger partial charge on any atom is -0.493 e. The second-order valence-electron chi connectivity index (χ2n) is 3.98. The second-order valence-corrected chi connectivity index (χ2v) is 3.98. The molecule has 0 spiro atoms. The molecule has 0 unspecified atom stereocenters. The molecule has 19 heavy (non-hydrogen) atoms. The molecule has 0 fully saturated rings. The predicted octanol–water partition coefficient (Wildman–Crippen LogP) is 2.11. The van der Waals surface area contributed by atoms with Gasteiger partial charge in [0.1, 0.15) is 6.07 Å². The molecule has 0 aliphatic heterocycles. The van der Waals surface area contributed by atoms with Crippen LogP contribution in [-0.4, -0.2) is 27.2 Å². The van der Waals surface area contributed by atoms with Crippen LogP contribution in [0.3, 0.4) is 0 Å². The molecule has 0 heterocycles. The van der Waals surface area contributed by atoms with Gasteiger partial charge < -0.3 is 14.4 Å². The molecule has 5 nitrogen and oxygen atoms in total. The normalized spacial score (nSPS) is 9.42. The van der Waals surface area contributed by atoms with Crippen LogP contribution in [0.2, 0.25) is 0 Å². The number of hydrogen-bond donors (Lipinski definition) is 0. The average molecular weight is 260 g/mol. The summed E-state index contributed by atoms with van der Waals surface area (Å²) in [7, 11) is 4.56. The van der Waals surface area contributed by atoms with Gasteiger partial charge in [-0.2, -0.15) is 5.26 Å². The van der Waals surface area contributed by atoms with E-state index in [4.69, 9.17) is 14.7 Å². The number of nitrogens with zero attached hydrogens (tertiary/aromatic N) is 2. The van der Waals surface area contributed by atoms with Crippen molar-refractivity contribution >= 4 is 11.6 Å². The van der Waals surface area contributed by atoms with Gasteiger partial charge in [-0.3, -0.25) is 4.79 Å². The number of likely N-dealkylation sites (N-methyl/N-ethyl adjacent to an activating group) is 1. The lowest BCUT2D eigenvalue weighted by molar-refractivity contribution is -0.114. The van der Waals surface area contributed by atoms with Gasteiger partial charge in [0.05, 0.1) is 25.5 Å². The quantitative estimate of drug-likeness (QED) is 0.778. The third-order valence-electron chi connectivity index (χ3n) is 2.65. The van der Waals surface area contributed by atoms with Crippen molar-refractivity contribution in [3.63, 3.8) is 0 Å². The van der Waals surface area contributed by atoms with Crippen LogP contribution >= 0.6 is 0 Å². The molecule has 1 aromatic carbocycles. The van der Waals surface area contributed by atoms with Gasteiger partial charge >= 0.3 is 0 Å². The Morgan fingerprint density at radius 2 is 1.84 bits per heavy atom. The average Bonchev–Trinajstić information content (AvgIpc) is 2.43. The smallest absolute Gasteiger partial charge is 0.253 e. The van der Waals surface area contributed by atoms with Gasteiger partial charge in [-0.1, -0.05) is 6.58 Å². The number of hydrogen-bond acceptors (Lipinski definition) is 4. The van der Waals surface area contributed by atoms with Gasteiger partial charge in [0.15, 0.2) is 11.5 Å². The Labute approximate surface area is 112 Å². The molecule has 0 saturated carbocycles. The summed E-state index contributed by atoms with van der Waals surface area (Å²) in [6.45, 7) is 5.22. The lowest BCUT2D eigenvalue weighted by Gasteiger charge is -2.20. The van der Waals surface area contributed by atoms with Crippen LogP contribution in [0.1, 0.15) is 12.5 Å². The molecule has 5 heteroatoms. The van der Waals surface area contributed by atoms with Gasteiger partial charge in [0, 0.05) is 24.8 Å². The first kappa shape index (κ1) is 14.6. The third kappa shape index (κ3) is 2.86. The van der Waals surface area contributed by atoms with Crippen molar-refractivity contribution < 1.29 is 14.3 Å². The Balaban J connectivity index is 3.38. The first-order valence-corrected chi connectivity index (χ1v) is 5.56. The number of nitriles is 1. The van der Waals surface area contributed by atoms with Crippen LogP contribution in [0, 0.1) is 11.3 Å². The van der Waals surface area contributed by atoms with Gasteiger partial charge in [0.2, 0.25) is 0 Å². The predicted molar refractivity (Wildman–Crippen MR) is 72.5 cm³/mol. The zero-order chi connectivity index (χ0) is 14.6. The van der Waals surface area contributed by atoms with E-state index in [2.05, 4.69) is 6.58 Å².